The number of hydrogen-bond acceptors (Lipinski definition) is 3. The van der Waals surface area contributed by atoms with E-state index in [1.54, 1.807) is 0 Å². The van der Waals surface area contributed by atoms with Crippen LogP contribution in [0.15, 0.2) is 28.7 Å². The molecular weight excluding hydrogens is 290 g/mol. The van der Waals surface area contributed by atoms with Crippen molar-refractivity contribution in [3.8, 4) is 11.4 Å². The monoisotopic (exact) mass is 305 g/mol. The van der Waals surface area contributed by atoms with Gasteiger partial charge in [0, 0.05) is 21.8 Å². The average molecular weight is 306 g/mol. The number of rotatable bonds is 3. The highest BCUT2D eigenvalue weighted by Crippen LogP contribution is 2.23. The van der Waals surface area contributed by atoms with Crippen LogP contribution in [-0.2, 0) is 6.42 Å². The number of hydrogen-bond donors (Lipinski definition) is 1. The van der Waals surface area contributed by atoms with Crippen molar-refractivity contribution in [2.24, 2.45) is 0 Å². The van der Waals surface area contributed by atoms with E-state index in [4.69, 9.17) is 5.73 Å². The number of aromatic nitrogens is 2. The van der Waals surface area contributed by atoms with Crippen molar-refractivity contribution in [1.29, 1.82) is 0 Å². The predicted molar refractivity (Wildman–Crippen MR) is 78.3 cm³/mol. The van der Waals surface area contributed by atoms with Gasteiger partial charge in [0.05, 0.1) is 0 Å². The molecule has 2 N–H and O–H groups in total. The minimum absolute atomic E-state index is 0.532. The van der Waals surface area contributed by atoms with Crippen molar-refractivity contribution in [3.63, 3.8) is 0 Å². The molecule has 0 saturated heterocycles. The lowest BCUT2D eigenvalue weighted by molar-refractivity contribution is 0.877. The first kappa shape index (κ1) is 13.0. The molecule has 1 heterocycles. The van der Waals surface area contributed by atoms with Crippen molar-refractivity contribution >= 4 is 21.7 Å². The molecule has 0 aliphatic rings. The molecule has 0 fully saturated rings. The molecule has 0 bridgehead atoms. The van der Waals surface area contributed by atoms with Crippen LogP contribution in [0.4, 0.5) is 5.82 Å². The van der Waals surface area contributed by atoms with Gasteiger partial charge in [-0.1, -0.05) is 35.3 Å². The third-order valence-corrected chi connectivity index (χ3v) is 3.61. The standard InChI is InChI=1S/C14H16BrN3/c1-3-4-11-8-13(16)18-14(17-11)10-5-6-12(15)9(2)7-10/h5-8H,3-4H2,1-2H3,(H2,16,17,18). The molecule has 0 unspecified atom stereocenters. The minimum Gasteiger partial charge on any atom is -0.384 e. The van der Waals surface area contributed by atoms with Gasteiger partial charge in [0.1, 0.15) is 5.82 Å². The highest BCUT2D eigenvalue weighted by molar-refractivity contribution is 9.10. The molecule has 0 amide bonds. The number of halogens is 1. The second-order valence-electron chi connectivity index (χ2n) is 4.32. The molecule has 1 aromatic carbocycles. The quantitative estimate of drug-likeness (QED) is 0.939. The summed E-state index contributed by atoms with van der Waals surface area (Å²) in [6.07, 6.45) is 1.98. The number of aryl methyl sites for hydroxylation is 2. The van der Waals surface area contributed by atoms with Gasteiger partial charge >= 0.3 is 0 Å². The highest BCUT2D eigenvalue weighted by atomic mass is 79.9. The lowest BCUT2D eigenvalue weighted by atomic mass is 10.1. The van der Waals surface area contributed by atoms with Crippen LogP contribution in [0, 0.1) is 6.92 Å². The molecule has 0 aliphatic carbocycles. The SMILES string of the molecule is CCCc1cc(N)nc(-c2ccc(Br)c(C)c2)n1. The molecule has 2 rings (SSSR count). The van der Waals surface area contributed by atoms with Crippen LogP contribution in [-0.4, -0.2) is 9.97 Å². The first-order valence-electron chi connectivity index (χ1n) is 6.00. The van der Waals surface area contributed by atoms with E-state index in [0.29, 0.717) is 11.6 Å². The van der Waals surface area contributed by atoms with E-state index in [1.165, 1.54) is 0 Å². The zero-order valence-corrected chi connectivity index (χ0v) is 12.2. The largest absolute Gasteiger partial charge is 0.384 e. The Bertz CT molecular complexity index is 567. The van der Waals surface area contributed by atoms with Gasteiger partial charge < -0.3 is 5.73 Å². The van der Waals surface area contributed by atoms with Gasteiger partial charge in [0.25, 0.3) is 0 Å². The summed E-state index contributed by atoms with van der Waals surface area (Å²) in [5.74, 6) is 1.23. The Kier molecular flexibility index (Phi) is 3.97. The van der Waals surface area contributed by atoms with Crippen LogP contribution in [0.1, 0.15) is 24.6 Å². The molecule has 1 aromatic heterocycles. The minimum atomic E-state index is 0.532. The van der Waals surface area contributed by atoms with Gasteiger partial charge in [0.15, 0.2) is 5.82 Å². The summed E-state index contributed by atoms with van der Waals surface area (Å²) in [5.41, 5.74) is 9.00. The van der Waals surface area contributed by atoms with Crippen molar-refractivity contribution in [1.82, 2.24) is 9.97 Å². The maximum atomic E-state index is 5.83. The maximum Gasteiger partial charge on any atom is 0.161 e. The van der Waals surface area contributed by atoms with Gasteiger partial charge in [-0.05, 0) is 31.0 Å². The summed E-state index contributed by atoms with van der Waals surface area (Å²) >= 11 is 3.49. The second kappa shape index (κ2) is 5.48. The van der Waals surface area contributed by atoms with E-state index in [2.05, 4.69) is 38.9 Å². The van der Waals surface area contributed by atoms with Gasteiger partial charge in [-0.3, -0.25) is 0 Å². The Morgan fingerprint density at radius 1 is 1.22 bits per heavy atom. The maximum absolute atomic E-state index is 5.83. The van der Waals surface area contributed by atoms with Crippen molar-refractivity contribution in [2.45, 2.75) is 26.7 Å². The number of nitrogen functional groups attached to an aromatic ring is 1. The smallest absolute Gasteiger partial charge is 0.161 e. The molecule has 3 nitrogen and oxygen atoms in total. The molecule has 0 radical (unpaired) electrons. The van der Waals surface area contributed by atoms with Gasteiger partial charge in [0.2, 0.25) is 0 Å². The first-order valence-corrected chi connectivity index (χ1v) is 6.79. The molecule has 0 spiro atoms. The molecule has 18 heavy (non-hydrogen) atoms. The van der Waals surface area contributed by atoms with E-state index in [9.17, 15) is 0 Å². The third-order valence-electron chi connectivity index (χ3n) is 2.72. The lowest BCUT2D eigenvalue weighted by Crippen LogP contribution is -2.00. The summed E-state index contributed by atoms with van der Waals surface area (Å²) in [7, 11) is 0. The Labute approximate surface area is 116 Å². The predicted octanol–water partition coefficient (Wildman–Crippen LogP) is 3.75. The molecule has 2 aromatic rings. The third kappa shape index (κ3) is 2.88. The normalized spacial score (nSPS) is 10.6. The van der Waals surface area contributed by atoms with Gasteiger partial charge in [-0.25, -0.2) is 9.97 Å². The van der Waals surface area contributed by atoms with Gasteiger partial charge in [-0.15, -0.1) is 0 Å². The second-order valence-corrected chi connectivity index (χ2v) is 5.18. The van der Waals surface area contributed by atoms with Crippen LogP contribution in [0.2, 0.25) is 0 Å². The molecule has 0 aliphatic heterocycles. The Morgan fingerprint density at radius 2 is 2.00 bits per heavy atom. The van der Waals surface area contributed by atoms with Crippen molar-refractivity contribution in [3.05, 3.63) is 40.0 Å². The van der Waals surface area contributed by atoms with Gasteiger partial charge in [-0.2, -0.15) is 0 Å². The number of nitrogens with zero attached hydrogens (tertiary/aromatic N) is 2. The van der Waals surface area contributed by atoms with Crippen LogP contribution < -0.4 is 5.73 Å². The fraction of sp³-hybridized carbons (Fsp3) is 0.286. The zero-order chi connectivity index (χ0) is 13.1. The topological polar surface area (TPSA) is 51.8 Å². The van der Waals surface area contributed by atoms with Crippen LogP contribution in [0.5, 0.6) is 0 Å². The van der Waals surface area contributed by atoms with E-state index in [0.717, 1.165) is 34.1 Å². The average Bonchev–Trinajstić information content (AvgIpc) is 2.32. The number of nitrogens with two attached hydrogens (primary N) is 1. The van der Waals surface area contributed by atoms with E-state index in [-0.39, 0.29) is 0 Å². The first-order chi connectivity index (χ1) is 8.60. The zero-order valence-electron chi connectivity index (χ0n) is 10.6. The highest BCUT2D eigenvalue weighted by Gasteiger charge is 2.06. The van der Waals surface area contributed by atoms with E-state index < -0.39 is 0 Å². The summed E-state index contributed by atoms with van der Waals surface area (Å²) in [6, 6.07) is 7.92. The molecule has 4 heteroatoms. The number of anilines is 1. The van der Waals surface area contributed by atoms with Crippen LogP contribution >= 0.6 is 15.9 Å². The number of benzene rings is 1. The lowest BCUT2D eigenvalue weighted by Gasteiger charge is -2.06. The fourth-order valence-corrected chi connectivity index (χ4v) is 2.06. The Morgan fingerprint density at radius 3 is 2.67 bits per heavy atom. The fourth-order valence-electron chi connectivity index (χ4n) is 1.82. The summed E-state index contributed by atoms with van der Waals surface area (Å²) in [6.45, 7) is 4.18. The van der Waals surface area contributed by atoms with E-state index >= 15 is 0 Å². The van der Waals surface area contributed by atoms with Crippen molar-refractivity contribution in [2.75, 3.05) is 5.73 Å². The molecule has 94 valence electrons. The molecule has 0 saturated carbocycles. The van der Waals surface area contributed by atoms with Crippen molar-refractivity contribution < 1.29 is 0 Å². The molecule has 0 atom stereocenters. The van der Waals surface area contributed by atoms with E-state index in [1.807, 2.05) is 25.1 Å². The summed E-state index contributed by atoms with van der Waals surface area (Å²) in [4.78, 5) is 8.87. The Balaban J connectivity index is 2.46. The summed E-state index contributed by atoms with van der Waals surface area (Å²) in [5, 5.41) is 0. The van der Waals surface area contributed by atoms with Crippen LogP contribution in [0.25, 0.3) is 11.4 Å². The molecular formula is C14H16BrN3. The Hall–Kier alpha value is -1.42. The van der Waals surface area contributed by atoms with Crippen LogP contribution in [0.3, 0.4) is 0 Å². The summed E-state index contributed by atoms with van der Waals surface area (Å²) < 4.78 is 1.09.